The number of ether oxygens (including phenoxy) is 1. The average Bonchev–Trinajstić information content (AvgIpc) is 3.38. The number of hydrogen-bond donors (Lipinski definition) is 3. The van der Waals surface area contributed by atoms with Crippen LogP contribution in [-0.2, 0) is 20.7 Å². The quantitative estimate of drug-likeness (QED) is 0.275. The van der Waals surface area contributed by atoms with Gasteiger partial charge in [-0.3, -0.25) is 19.2 Å². The summed E-state index contributed by atoms with van der Waals surface area (Å²) >= 11 is 5.93. The minimum absolute atomic E-state index is 0.0118. The summed E-state index contributed by atoms with van der Waals surface area (Å²) in [5, 5.41) is 13.8. The molecule has 4 aromatic rings. The zero-order chi connectivity index (χ0) is 31.5. The molecule has 3 N–H and O–H groups in total. The number of carbonyl (C=O) groups is 3. The molecule has 44 heavy (non-hydrogen) atoms. The highest BCUT2D eigenvalue weighted by molar-refractivity contribution is 6.30. The molecule has 13 heteroatoms. The van der Waals surface area contributed by atoms with Gasteiger partial charge in [0.2, 0.25) is 11.5 Å². The molecule has 11 nitrogen and oxygen atoms in total. The van der Waals surface area contributed by atoms with E-state index >= 15 is 0 Å². The zero-order valence-electron chi connectivity index (χ0n) is 24.2. The summed E-state index contributed by atoms with van der Waals surface area (Å²) < 4.78 is 20.7. The van der Waals surface area contributed by atoms with E-state index < -0.39 is 29.3 Å². The van der Waals surface area contributed by atoms with Gasteiger partial charge in [-0.15, -0.1) is 5.10 Å². The van der Waals surface area contributed by atoms with Crippen LogP contribution in [0.1, 0.15) is 59.7 Å². The highest BCUT2D eigenvalue weighted by Gasteiger charge is 2.25. The zero-order valence-corrected chi connectivity index (χ0v) is 25.0. The lowest BCUT2D eigenvalue weighted by molar-refractivity contribution is -0.139. The number of methoxy groups -OCH3 is 1. The Bertz CT molecular complexity index is 1820. The minimum atomic E-state index is -0.696. The van der Waals surface area contributed by atoms with Crippen molar-refractivity contribution in [3.05, 3.63) is 92.4 Å². The van der Waals surface area contributed by atoms with E-state index in [1.54, 1.807) is 37.3 Å². The number of pyridine rings is 1. The second kappa shape index (κ2) is 12.8. The third kappa shape index (κ3) is 6.40. The number of esters is 1. The average molecular weight is 621 g/mol. The first-order valence-electron chi connectivity index (χ1n) is 14.0. The molecule has 0 aliphatic carbocycles. The molecule has 3 heterocycles. The summed E-state index contributed by atoms with van der Waals surface area (Å²) in [5.74, 6) is -2.28. The molecule has 0 fully saturated rings. The molecule has 0 saturated carbocycles. The Morgan fingerprint density at radius 2 is 1.95 bits per heavy atom. The summed E-state index contributed by atoms with van der Waals surface area (Å²) in [6.45, 7) is 3.40. The number of halogens is 2. The Labute approximate surface area is 256 Å². The number of carbonyl (C=O) groups excluding carboxylic acids is 3. The van der Waals surface area contributed by atoms with Gasteiger partial charge in [-0.1, -0.05) is 48.4 Å². The van der Waals surface area contributed by atoms with Crippen molar-refractivity contribution in [2.45, 2.75) is 45.6 Å². The predicted molar refractivity (Wildman–Crippen MR) is 161 cm³/mol. The largest absolute Gasteiger partial charge is 0.469 e. The standard InChI is InChI=1S/C31H30ClFN6O5/c1-16-6-4-8-22(35-31(43)29-17(2)39(38-37-29)25-9-5-7-21(32)28(25)33)24-14-19(15-26(40)34-24)20-11-10-18(13-27(41)44-3)12-23(20)36-30(16)42/h5,7,9-12,14-16,22H,4,6,8,13H2,1-3H3,(H,34,40)(H,35,43)(H,36,42)/t16-,22+/m1/s1. The van der Waals surface area contributed by atoms with Crippen LogP contribution < -0.4 is 16.2 Å². The van der Waals surface area contributed by atoms with Crippen molar-refractivity contribution in [3.63, 3.8) is 0 Å². The van der Waals surface area contributed by atoms with Crippen molar-refractivity contribution in [3.8, 4) is 16.8 Å². The van der Waals surface area contributed by atoms with Gasteiger partial charge in [0.15, 0.2) is 11.5 Å². The first-order chi connectivity index (χ1) is 21.0. The normalized spacial score (nSPS) is 16.6. The number of amides is 2. The second-order valence-electron chi connectivity index (χ2n) is 10.7. The van der Waals surface area contributed by atoms with E-state index in [9.17, 15) is 23.6 Å². The Morgan fingerprint density at radius 1 is 1.16 bits per heavy atom. The number of rotatable bonds is 5. The molecular weight excluding hydrogens is 591 g/mol. The van der Waals surface area contributed by atoms with Gasteiger partial charge in [-0.2, -0.15) is 0 Å². The first kappa shape index (κ1) is 30.6. The molecule has 228 valence electrons. The minimum Gasteiger partial charge on any atom is -0.469 e. The topological polar surface area (TPSA) is 148 Å². The summed E-state index contributed by atoms with van der Waals surface area (Å²) in [6, 6.07) is 12.1. The Balaban J connectivity index is 1.52. The number of nitrogens with one attached hydrogen (secondary N) is 3. The van der Waals surface area contributed by atoms with Crippen molar-refractivity contribution >= 4 is 35.1 Å². The lowest BCUT2D eigenvalue weighted by Gasteiger charge is -2.22. The molecule has 2 atom stereocenters. The lowest BCUT2D eigenvalue weighted by Crippen LogP contribution is -2.31. The second-order valence-corrected chi connectivity index (χ2v) is 11.1. The van der Waals surface area contributed by atoms with Gasteiger partial charge >= 0.3 is 5.97 Å². The van der Waals surface area contributed by atoms with Crippen molar-refractivity contribution in [2.75, 3.05) is 12.4 Å². The number of fused-ring (bicyclic) bond motifs is 4. The molecule has 5 rings (SSSR count). The molecule has 2 aromatic carbocycles. The molecule has 0 saturated heterocycles. The van der Waals surface area contributed by atoms with Crippen LogP contribution in [0.5, 0.6) is 0 Å². The molecule has 1 aliphatic rings. The summed E-state index contributed by atoms with van der Waals surface area (Å²) in [4.78, 5) is 54.2. The molecule has 2 bridgehead atoms. The van der Waals surface area contributed by atoms with Gasteiger partial charge in [-0.25, -0.2) is 9.07 Å². The van der Waals surface area contributed by atoms with E-state index in [0.717, 1.165) is 0 Å². The van der Waals surface area contributed by atoms with E-state index in [1.165, 1.54) is 30.0 Å². The summed E-state index contributed by atoms with van der Waals surface area (Å²) in [5.41, 5.74) is 2.52. The fourth-order valence-electron chi connectivity index (χ4n) is 5.17. The number of aromatic amines is 1. The number of nitrogens with zero attached hydrogens (tertiary/aromatic N) is 3. The van der Waals surface area contributed by atoms with Gasteiger partial charge in [0.1, 0.15) is 5.69 Å². The lowest BCUT2D eigenvalue weighted by atomic mass is 9.94. The Kier molecular flexibility index (Phi) is 8.91. The number of hydrogen-bond acceptors (Lipinski definition) is 7. The fourth-order valence-corrected chi connectivity index (χ4v) is 5.34. The van der Waals surface area contributed by atoms with E-state index in [2.05, 4.69) is 25.9 Å². The monoisotopic (exact) mass is 620 g/mol. The number of benzene rings is 2. The van der Waals surface area contributed by atoms with E-state index in [0.29, 0.717) is 53.0 Å². The fraction of sp³-hybridized carbons (Fsp3) is 0.290. The van der Waals surface area contributed by atoms with Crippen molar-refractivity contribution < 1.29 is 23.5 Å². The molecule has 1 aliphatic heterocycles. The van der Waals surface area contributed by atoms with E-state index in [4.69, 9.17) is 16.3 Å². The molecule has 2 amide bonds. The van der Waals surface area contributed by atoms with Gasteiger partial charge in [0.25, 0.3) is 5.91 Å². The van der Waals surface area contributed by atoms with Gasteiger partial charge in [0, 0.05) is 28.9 Å². The maximum atomic E-state index is 14.7. The van der Waals surface area contributed by atoms with Crippen LogP contribution in [0.2, 0.25) is 5.02 Å². The predicted octanol–water partition coefficient (Wildman–Crippen LogP) is 4.67. The van der Waals surface area contributed by atoms with E-state index in [1.807, 2.05) is 6.92 Å². The van der Waals surface area contributed by atoms with Crippen LogP contribution in [0.15, 0.2) is 53.3 Å². The maximum Gasteiger partial charge on any atom is 0.309 e. The van der Waals surface area contributed by atoms with Crippen molar-refractivity contribution in [1.29, 1.82) is 0 Å². The van der Waals surface area contributed by atoms with Crippen LogP contribution in [0, 0.1) is 18.7 Å². The maximum absolute atomic E-state index is 14.7. The third-order valence-electron chi connectivity index (χ3n) is 7.62. The molecule has 0 spiro atoms. The van der Waals surface area contributed by atoms with Crippen LogP contribution in [0.4, 0.5) is 10.1 Å². The smallest absolute Gasteiger partial charge is 0.309 e. The van der Waals surface area contributed by atoms with Gasteiger partial charge in [0.05, 0.1) is 30.3 Å². The molecule has 0 unspecified atom stereocenters. The van der Waals surface area contributed by atoms with Crippen molar-refractivity contribution in [2.24, 2.45) is 5.92 Å². The first-order valence-corrected chi connectivity index (χ1v) is 14.4. The highest BCUT2D eigenvalue weighted by Crippen LogP contribution is 2.32. The molecule has 2 aromatic heterocycles. The summed E-state index contributed by atoms with van der Waals surface area (Å²) in [7, 11) is 1.30. The molecule has 0 radical (unpaired) electrons. The SMILES string of the molecule is COC(=O)Cc1ccc2c(c1)NC(=O)[C@H](C)CCC[C@H](NC(=O)c1nnn(-c3cccc(Cl)c3F)c1C)c1cc-2cc(=O)[nH]1. The van der Waals surface area contributed by atoms with Crippen LogP contribution in [0.25, 0.3) is 16.8 Å². The number of H-pyrrole nitrogens is 1. The van der Waals surface area contributed by atoms with Gasteiger partial charge < -0.3 is 20.4 Å². The summed E-state index contributed by atoms with van der Waals surface area (Å²) in [6.07, 6.45) is 1.46. The molecular formula is C31H30ClFN6O5. The Morgan fingerprint density at radius 3 is 2.73 bits per heavy atom. The van der Waals surface area contributed by atoms with Crippen LogP contribution in [0.3, 0.4) is 0 Å². The highest BCUT2D eigenvalue weighted by atomic mass is 35.5. The van der Waals surface area contributed by atoms with Gasteiger partial charge in [-0.05, 0) is 55.2 Å². The van der Waals surface area contributed by atoms with Crippen molar-refractivity contribution in [1.82, 2.24) is 25.3 Å². The van der Waals surface area contributed by atoms with Crippen LogP contribution in [-0.4, -0.2) is 44.9 Å². The van der Waals surface area contributed by atoms with Crippen LogP contribution >= 0.6 is 11.6 Å². The number of anilines is 1. The third-order valence-corrected chi connectivity index (χ3v) is 7.91. The Hall–Kier alpha value is -4.84. The number of aromatic nitrogens is 4. The van der Waals surface area contributed by atoms with E-state index in [-0.39, 0.29) is 34.6 Å².